The first-order valence-corrected chi connectivity index (χ1v) is 6.31. The van der Waals surface area contributed by atoms with Gasteiger partial charge < -0.3 is 5.32 Å². The SMILES string of the molecule is CC(C)C(C)CN1CC(C)(C)NCC1C. The molecule has 2 atom stereocenters. The Morgan fingerprint density at radius 3 is 2.47 bits per heavy atom. The summed E-state index contributed by atoms with van der Waals surface area (Å²) in [4.78, 5) is 2.64. The Kier molecular flexibility index (Phi) is 4.19. The molecule has 2 nitrogen and oxygen atoms in total. The van der Waals surface area contributed by atoms with Crippen molar-refractivity contribution in [3.8, 4) is 0 Å². The molecule has 15 heavy (non-hydrogen) atoms. The van der Waals surface area contributed by atoms with Crippen LogP contribution in [0.5, 0.6) is 0 Å². The number of rotatable bonds is 3. The van der Waals surface area contributed by atoms with E-state index >= 15 is 0 Å². The lowest BCUT2D eigenvalue weighted by molar-refractivity contribution is 0.0826. The van der Waals surface area contributed by atoms with E-state index in [1.54, 1.807) is 0 Å². The smallest absolute Gasteiger partial charge is 0.0252 e. The molecule has 2 unspecified atom stereocenters. The largest absolute Gasteiger partial charge is 0.309 e. The van der Waals surface area contributed by atoms with E-state index in [9.17, 15) is 0 Å². The fourth-order valence-corrected chi connectivity index (χ4v) is 2.10. The number of nitrogens with one attached hydrogen (secondary N) is 1. The fraction of sp³-hybridized carbons (Fsp3) is 1.00. The average molecular weight is 212 g/mol. The highest BCUT2D eigenvalue weighted by Crippen LogP contribution is 2.19. The van der Waals surface area contributed by atoms with E-state index in [0.29, 0.717) is 6.04 Å². The molecule has 1 N–H and O–H groups in total. The molecular weight excluding hydrogens is 184 g/mol. The number of hydrogen-bond acceptors (Lipinski definition) is 2. The van der Waals surface area contributed by atoms with Crippen LogP contribution in [-0.2, 0) is 0 Å². The summed E-state index contributed by atoms with van der Waals surface area (Å²) >= 11 is 0. The highest BCUT2D eigenvalue weighted by molar-refractivity contribution is 4.91. The van der Waals surface area contributed by atoms with Gasteiger partial charge in [-0.05, 0) is 32.6 Å². The van der Waals surface area contributed by atoms with Gasteiger partial charge in [-0.2, -0.15) is 0 Å². The van der Waals surface area contributed by atoms with E-state index in [1.165, 1.54) is 13.1 Å². The third kappa shape index (κ3) is 3.76. The topological polar surface area (TPSA) is 15.3 Å². The zero-order chi connectivity index (χ0) is 11.6. The van der Waals surface area contributed by atoms with Crippen molar-refractivity contribution in [2.45, 2.75) is 53.1 Å². The van der Waals surface area contributed by atoms with Crippen molar-refractivity contribution < 1.29 is 0 Å². The summed E-state index contributed by atoms with van der Waals surface area (Å²) < 4.78 is 0. The molecule has 0 aliphatic carbocycles. The van der Waals surface area contributed by atoms with Gasteiger partial charge in [0, 0.05) is 31.2 Å². The number of piperazine rings is 1. The minimum absolute atomic E-state index is 0.281. The molecule has 1 fully saturated rings. The molecule has 0 amide bonds. The molecule has 90 valence electrons. The van der Waals surface area contributed by atoms with Crippen LogP contribution in [0.25, 0.3) is 0 Å². The Bertz CT molecular complexity index is 199. The Morgan fingerprint density at radius 2 is 1.93 bits per heavy atom. The van der Waals surface area contributed by atoms with Gasteiger partial charge in [0.1, 0.15) is 0 Å². The summed E-state index contributed by atoms with van der Waals surface area (Å²) in [5.41, 5.74) is 0.281. The lowest BCUT2D eigenvalue weighted by atomic mass is 9.93. The van der Waals surface area contributed by atoms with Crippen molar-refractivity contribution in [2.24, 2.45) is 11.8 Å². The van der Waals surface area contributed by atoms with Crippen LogP contribution >= 0.6 is 0 Å². The minimum Gasteiger partial charge on any atom is -0.309 e. The van der Waals surface area contributed by atoms with Crippen LogP contribution in [0.3, 0.4) is 0 Å². The van der Waals surface area contributed by atoms with Crippen molar-refractivity contribution in [1.82, 2.24) is 10.2 Å². The summed E-state index contributed by atoms with van der Waals surface area (Å²) in [7, 11) is 0. The third-order valence-corrected chi connectivity index (χ3v) is 3.76. The second-order valence-electron chi connectivity index (χ2n) is 6.26. The molecule has 1 aliphatic rings. The van der Waals surface area contributed by atoms with Gasteiger partial charge >= 0.3 is 0 Å². The summed E-state index contributed by atoms with van der Waals surface area (Å²) in [6.07, 6.45) is 0. The van der Waals surface area contributed by atoms with Gasteiger partial charge in [0.25, 0.3) is 0 Å². The van der Waals surface area contributed by atoms with Crippen LogP contribution in [0, 0.1) is 11.8 Å². The van der Waals surface area contributed by atoms with E-state index in [0.717, 1.165) is 18.4 Å². The molecule has 1 aliphatic heterocycles. The van der Waals surface area contributed by atoms with Crippen molar-refractivity contribution in [2.75, 3.05) is 19.6 Å². The molecule has 0 aromatic carbocycles. The predicted molar refractivity (Wildman–Crippen MR) is 67.1 cm³/mol. The van der Waals surface area contributed by atoms with Crippen molar-refractivity contribution in [1.29, 1.82) is 0 Å². The summed E-state index contributed by atoms with van der Waals surface area (Å²) in [5.74, 6) is 1.58. The van der Waals surface area contributed by atoms with Crippen molar-refractivity contribution in [3.63, 3.8) is 0 Å². The quantitative estimate of drug-likeness (QED) is 0.772. The summed E-state index contributed by atoms with van der Waals surface area (Å²) in [5, 5.41) is 3.60. The van der Waals surface area contributed by atoms with Gasteiger partial charge in [0.15, 0.2) is 0 Å². The van der Waals surface area contributed by atoms with E-state index < -0.39 is 0 Å². The van der Waals surface area contributed by atoms with Crippen LogP contribution in [-0.4, -0.2) is 36.1 Å². The van der Waals surface area contributed by atoms with Gasteiger partial charge in [-0.15, -0.1) is 0 Å². The molecule has 0 aromatic rings. The Hall–Kier alpha value is -0.0800. The second-order valence-corrected chi connectivity index (χ2v) is 6.26. The van der Waals surface area contributed by atoms with Crippen LogP contribution in [0.15, 0.2) is 0 Å². The molecule has 0 aromatic heterocycles. The fourth-order valence-electron chi connectivity index (χ4n) is 2.10. The summed E-state index contributed by atoms with van der Waals surface area (Å²) in [6.45, 7) is 17.5. The zero-order valence-corrected chi connectivity index (χ0v) is 11.3. The maximum atomic E-state index is 3.60. The summed E-state index contributed by atoms with van der Waals surface area (Å²) in [6, 6.07) is 0.680. The standard InChI is InChI=1S/C13H28N2/c1-10(2)11(3)8-15-9-13(5,6)14-7-12(15)4/h10-12,14H,7-9H2,1-6H3. The first-order valence-electron chi connectivity index (χ1n) is 6.31. The monoisotopic (exact) mass is 212 g/mol. The van der Waals surface area contributed by atoms with Crippen LogP contribution in [0.1, 0.15) is 41.5 Å². The Labute approximate surface area is 95.4 Å². The molecule has 2 heteroatoms. The lowest BCUT2D eigenvalue weighted by Gasteiger charge is -2.44. The molecule has 0 bridgehead atoms. The van der Waals surface area contributed by atoms with Crippen LogP contribution in [0.4, 0.5) is 0 Å². The average Bonchev–Trinajstić information content (AvgIpc) is 2.11. The molecule has 0 spiro atoms. The highest BCUT2D eigenvalue weighted by atomic mass is 15.2. The lowest BCUT2D eigenvalue weighted by Crippen LogP contribution is -2.61. The molecule has 0 radical (unpaired) electrons. The zero-order valence-electron chi connectivity index (χ0n) is 11.3. The van der Waals surface area contributed by atoms with E-state index in [-0.39, 0.29) is 5.54 Å². The minimum atomic E-state index is 0.281. The van der Waals surface area contributed by atoms with E-state index in [4.69, 9.17) is 0 Å². The van der Waals surface area contributed by atoms with Crippen LogP contribution in [0.2, 0.25) is 0 Å². The van der Waals surface area contributed by atoms with Gasteiger partial charge in [-0.3, -0.25) is 4.90 Å². The van der Waals surface area contributed by atoms with Gasteiger partial charge in [0.05, 0.1) is 0 Å². The van der Waals surface area contributed by atoms with Crippen molar-refractivity contribution >= 4 is 0 Å². The second kappa shape index (κ2) is 4.84. The molecule has 1 heterocycles. The number of nitrogens with zero attached hydrogens (tertiary/aromatic N) is 1. The third-order valence-electron chi connectivity index (χ3n) is 3.76. The van der Waals surface area contributed by atoms with E-state index in [2.05, 4.69) is 51.8 Å². The van der Waals surface area contributed by atoms with Gasteiger partial charge in [0.2, 0.25) is 0 Å². The Balaban J connectivity index is 2.52. The van der Waals surface area contributed by atoms with Crippen molar-refractivity contribution in [3.05, 3.63) is 0 Å². The highest BCUT2D eigenvalue weighted by Gasteiger charge is 2.30. The Morgan fingerprint density at radius 1 is 1.33 bits per heavy atom. The molecule has 0 saturated carbocycles. The van der Waals surface area contributed by atoms with Gasteiger partial charge in [-0.1, -0.05) is 20.8 Å². The van der Waals surface area contributed by atoms with Gasteiger partial charge in [-0.25, -0.2) is 0 Å². The maximum absolute atomic E-state index is 3.60. The first kappa shape index (κ1) is 13.0. The first-order chi connectivity index (χ1) is 6.82. The van der Waals surface area contributed by atoms with E-state index in [1.807, 2.05) is 0 Å². The number of hydrogen-bond donors (Lipinski definition) is 1. The van der Waals surface area contributed by atoms with Crippen LogP contribution < -0.4 is 5.32 Å². The molecule has 1 rings (SSSR count). The maximum Gasteiger partial charge on any atom is 0.0252 e. The predicted octanol–water partition coefficient (Wildman–Crippen LogP) is 2.35. The molecular formula is C13H28N2. The molecule has 1 saturated heterocycles. The normalized spacial score (nSPS) is 29.4.